The average molecular weight is 469 g/mol. The number of nitrogens with zero attached hydrogens (tertiary/aromatic N) is 2. The second-order valence-corrected chi connectivity index (χ2v) is 9.51. The third-order valence-corrected chi connectivity index (χ3v) is 6.99. The number of halogens is 2. The van der Waals surface area contributed by atoms with Crippen LogP contribution in [0.4, 0.5) is 8.78 Å². The molecule has 0 aliphatic carbocycles. The lowest BCUT2D eigenvalue weighted by atomic mass is 9.93. The molecule has 0 fully saturated rings. The van der Waals surface area contributed by atoms with Gasteiger partial charge in [0.2, 0.25) is 11.8 Å². The van der Waals surface area contributed by atoms with Gasteiger partial charge < -0.3 is 9.80 Å². The van der Waals surface area contributed by atoms with Crippen LogP contribution in [0.1, 0.15) is 41.5 Å². The van der Waals surface area contributed by atoms with Gasteiger partial charge in [0.05, 0.1) is 12.5 Å². The quantitative estimate of drug-likeness (QED) is 0.512. The third-order valence-electron chi connectivity index (χ3n) is 5.99. The van der Waals surface area contributed by atoms with Crippen LogP contribution in [0.3, 0.4) is 0 Å². The van der Waals surface area contributed by atoms with E-state index in [4.69, 9.17) is 0 Å². The van der Waals surface area contributed by atoms with Gasteiger partial charge in [0.1, 0.15) is 18.2 Å². The van der Waals surface area contributed by atoms with Crippen LogP contribution in [-0.2, 0) is 22.4 Å². The molecule has 0 N–H and O–H groups in total. The first-order valence-corrected chi connectivity index (χ1v) is 11.9. The molecule has 4 rings (SSSR count). The number of rotatable bonds is 6. The minimum absolute atomic E-state index is 0.0468. The van der Waals surface area contributed by atoms with Crippen molar-refractivity contribution >= 4 is 23.2 Å². The zero-order valence-corrected chi connectivity index (χ0v) is 19.4. The zero-order valence-electron chi connectivity index (χ0n) is 18.6. The van der Waals surface area contributed by atoms with E-state index < -0.39 is 0 Å². The summed E-state index contributed by atoms with van der Waals surface area (Å²) in [5, 5.41) is 2.02. The van der Waals surface area contributed by atoms with Crippen LogP contribution in [0.2, 0.25) is 0 Å². The molecule has 3 aromatic rings. The summed E-state index contributed by atoms with van der Waals surface area (Å²) in [7, 11) is 0. The fraction of sp³-hybridized carbons (Fsp3) is 0.308. The topological polar surface area (TPSA) is 40.6 Å². The number of carbonyl (C=O) groups excluding carboxylic acids is 2. The largest absolute Gasteiger partial charge is 0.331 e. The van der Waals surface area contributed by atoms with Crippen LogP contribution in [-0.4, -0.2) is 40.7 Å². The molecule has 1 aliphatic rings. The Morgan fingerprint density at radius 3 is 2.30 bits per heavy atom. The van der Waals surface area contributed by atoms with Crippen LogP contribution in [0, 0.1) is 11.6 Å². The lowest BCUT2D eigenvalue weighted by molar-refractivity contribution is -0.142. The molecule has 7 heteroatoms. The Hall–Kier alpha value is -3.06. The van der Waals surface area contributed by atoms with Crippen molar-refractivity contribution in [3.63, 3.8) is 0 Å². The van der Waals surface area contributed by atoms with Crippen LogP contribution < -0.4 is 0 Å². The Morgan fingerprint density at radius 1 is 1.03 bits per heavy atom. The third kappa shape index (κ3) is 5.14. The van der Waals surface area contributed by atoms with Crippen molar-refractivity contribution in [2.45, 2.75) is 38.8 Å². The van der Waals surface area contributed by atoms with E-state index in [-0.39, 0.29) is 48.5 Å². The maximum Gasteiger partial charge on any atom is 0.243 e. The number of hydrogen-bond donors (Lipinski definition) is 0. The number of amides is 2. The lowest BCUT2D eigenvalue weighted by Gasteiger charge is -2.38. The van der Waals surface area contributed by atoms with E-state index in [2.05, 4.69) is 0 Å². The van der Waals surface area contributed by atoms with Gasteiger partial charge in [0.15, 0.2) is 0 Å². The molecule has 0 bridgehead atoms. The van der Waals surface area contributed by atoms with E-state index in [1.54, 1.807) is 45.4 Å². The highest BCUT2D eigenvalue weighted by molar-refractivity contribution is 7.10. The predicted molar refractivity (Wildman–Crippen MR) is 125 cm³/mol. The summed E-state index contributed by atoms with van der Waals surface area (Å²) < 4.78 is 26.8. The summed E-state index contributed by atoms with van der Waals surface area (Å²) in [4.78, 5) is 31.1. The number of thiophene rings is 1. The minimum atomic E-state index is -0.355. The highest BCUT2D eigenvalue weighted by atomic mass is 32.1. The molecule has 1 unspecified atom stereocenters. The molecular formula is C26H26F2N2O2S. The van der Waals surface area contributed by atoms with Crippen molar-refractivity contribution in [2.24, 2.45) is 0 Å². The molecule has 2 aromatic carbocycles. The fourth-order valence-corrected chi connectivity index (χ4v) is 5.17. The summed E-state index contributed by atoms with van der Waals surface area (Å²) in [5.41, 5.74) is 2.60. The highest BCUT2D eigenvalue weighted by Gasteiger charge is 2.34. The first kappa shape index (κ1) is 23.1. The van der Waals surface area contributed by atoms with Gasteiger partial charge in [-0.25, -0.2) is 8.78 Å². The Balaban J connectivity index is 1.56. The maximum absolute atomic E-state index is 13.6. The second-order valence-electron chi connectivity index (χ2n) is 8.51. The van der Waals surface area contributed by atoms with Crippen molar-refractivity contribution in [2.75, 3.05) is 13.1 Å². The highest BCUT2D eigenvalue weighted by Crippen LogP contribution is 2.38. The van der Waals surface area contributed by atoms with Gasteiger partial charge in [-0.3, -0.25) is 9.59 Å². The maximum atomic E-state index is 13.6. The summed E-state index contributed by atoms with van der Waals surface area (Å²) in [6.45, 7) is 4.24. The molecule has 0 spiro atoms. The van der Waals surface area contributed by atoms with E-state index >= 15 is 0 Å². The molecule has 1 aliphatic heterocycles. The lowest BCUT2D eigenvalue weighted by Crippen LogP contribution is -2.49. The van der Waals surface area contributed by atoms with E-state index in [0.29, 0.717) is 12.1 Å². The van der Waals surface area contributed by atoms with Crippen molar-refractivity contribution in [1.29, 1.82) is 0 Å². The SMILES string of the molecule is CC(C)N(CC(=O)N1CCc2sccc2C1c1ccc(F)cc1)C(=O)Cc1ccc(F)cc1. The van der Waals surface area contributed by atoms with Crippen LogP contribution in [0.25, 0.3) is 0 Å². The smallest absolute Gasteiger partial charge is 0.243 e. The normalized spacial score (nSPS) is 15.4. The van der Waals surface area contributed by atoms with E-state index in [0.717, 1.165) is 17.5 Å². The van der Waals surface area contributed by atoms with Crippen LogP contribution in [0.15, 0.2) is 60.0 Å². The molecular weight excluding hydrogens is 442 g/mol. The molecule has 1 atom stereocenters. The molecule has 0 radical (unpaired) electrons. The van der Waals surface area contributed by atoms with Crippen LogP contribution >= 0.6 is 11.3 Å². The molecule has 1 aromatic heterocycles. The molecule has 0 saturated heterocycles. The monoisotopic (exact) mass is 468 g/mol. The molecule has 172 valence electrons. The Labute approximate surface area is 196 Å². The standard InChI is InChI=1S/C26H26F2N2O2S/c1-17(2)30(24(31)15-18-3-7-20(27)8-4-18)16-25(32)29-13-11-23-22(12-14-33-23)26(29)19-5-9-21(28)10-6-19/h3-10,12,14,17,26H,11,13,15-16H2,1-2H3. The molecule has 33 heavy (non-hydrogen) atoms. The first-order valence-electron chi connectivity index (χ1n) is 11.0. The minimum Gasteiger partial charge on any atom is -0.331 e. The number of carbonyl (C=O) groups is 2. The molecule has 4 nitrogen and oxygen atoms in total. The number of benzene rings is 2. The summed E-state index contributed by atoms with van der Waals surface area (Å²) in [6.07, 6.45) is 0.851. The van der Waals surface area contributed by atoms with Crippen LogP contribution in [0.5, 0.6) is 0 Å². The number of hydrogen-bond acceptors (Lipinski definition) is 3. The summed E-state index contributed by atoms with van der Waals surface area (Å²) >= 11 is 1.66. The average Bonchev–Trinajstić information content (AvgIpc) is 3.27. The second kappa shape index (κ2) is 9.83. The van der Waals surface area contributed by atoms with Crippen molar-refractivity contribution in [3.05, 3.63) is 93.2 Å². The van der Waals surface area contributed by atoms with Gasteiger partial charge in [0.25, 0.3) is 0 Å². The van der Waals surface area contributed by atoms with Gasteiger partial charge in [0, 0.05) is 17.5 Å². The van der Waals surface area contributed by atoms with E-state index in [1.165, 1.54) is 29.1 Å². The first-order chi connectivity index (χ1) is 15.8. The Kier molecular flexibility index (Phi) is 6.88. The van der Waals surface area contributed by atoms with Crippen molar-refractivity contribution < 1.29 is 18.4 Å². The van der Waals surface area contributed by atoms with E-state index in [1.807, 2.05) is 25.3 Å². The molecule has 2 amide bonds. The summed E-state index contributed by atoms with van der Waals surface area (Å²) in [6, 6.07) is 13.6. The Bertz CT molecular complexity index is 1130. The zero-order chi connectivity index (χ0) is 23.5. The van der Waals surface area contributed by atoms with E-state index in [9.17, 15) is 18.4 Å². The van der Waals surface area contributed by atoms with Crippen molar-refractivity contribution in [1.82, 2.24) is 9.80 Å². The van der Waals surface area contributed by atoms with Gasteiger partial charge in [-0.15, -0.1) is 11.3 Å². The predicted octanol–water partition coefficient (Wildman–Crippen LogP) is 4.98. The number of fused-ring (bicyclic) bond motifs is 1. The van der Waals surface area contributed by atoms with Gasteiger partial charge in [-0.1, -0.05) is 24.3 Å². The fourth-order valence-electron chi connectivity index (χ4n) is 4.26. The molecule has 2 heterocycles. The van der Waals surface area contributed by atoms with Crippen molar-refractivity contribution in [3.8, 4) is 0 Å². The van der Waals surface area contributed by atoms with Gasteiger partial charge >= 0.3 is 0 Å². The van der Waals surface area contributed by atoms with Gasteiger partial charge in [-0.2, -0.15) is 0 Å². The Morgan fingerprint density at radius 2 is 1.67 bits per heavy atom. The summed E-state index contributed by atoms with van der Waals surface area (Å²) in [5.74, 6) is -1.01. The molecule has 0 saturated carbocycles. The van der Waals surface area contributed by atoms with Gasteiger partial charge in [-0.05, 0) is 72.7 Å².